The molecule has 0 amide bonds. The number of nitrogens with zero attached hydrogens (tertiary/aromatic N) is 3. The zero-order valence-corrected chi connectivity index (χ0v) is 15.7. The lowest BCUT2D eigenvalue weighted by atomic mass is 9.85. The average Bonchev–Trinajstić information content (AvgIpc) is 2.92. The van der Waals surface area contributed by atoms with E-state index in [-0.39, 0.29) is 11.6 Å². The second-order valence-corrected chi connectivity index (χ2v) is 7.02. The standard InChI is InChI=1S/C17H19ClF3N5O/c1-9(14-12(18)7-26(3)25-14)23-10-4-5-13(19)11(6-10)16(2)17(20,21)8-27-15(22)24-16/h4-7,9,23H,8H2,1-3H3,(H2,22,24)/t9-,16+/m0/s1. The van der Waals surface area contributed by atoms with E-state index in [2.05, 4.69) is 20.1 Å². The normalized spacial score (nSPS) is 22.7. The van der Waals surface area contributed by atoms with E-state index in [1.807, 2.05) is 0 Å². The number of nitrogens with one attached hydrogen (secondary N) is 1. The number of benzene rings is 1. The maximum Gasteiger partial charge on any atom is 0.310 e. The smallest absolute Gasteiger partial charge is 0.310 e. The zero-order chi connectivity index (χ0) is 20.0. The molecule has 1 aliphatic heterocycles. The number of alkyl halides is 2. The van der Waals surface area contributed by atoms with Gasteiger partial charge in [0.25, 0.3) is 6.02 Å². The van der Waals surface area contributed by atoms with Gasteiger partial charge in [0.2, 0.25) is 0 Å². The summed E-state index contributed by atoms with van der Waals surface area (Å²) in [5.41, 5.74) is 3.98. The van der Waals surface area contributed by atoms with E-state index in [4.69, 9.17) is 17.3 Å². The number of amidine groups is 1. The van der Waals surface area contributed by atoms with E-state index < -0.39 is 29.9 Å². The Morgan fingerprint density at radius 3 is 2.74 bits per heavy atom. The summed E-state index contributed by atoms with van der Waals surface area (Å²) in [4.78, 5) is 3.71. The Hall–Kier alpha value is -2.42. The summed E-state index contributed by atoms with van der Waals surface area (Å²) in [6.45, 7) is 1.96. The fourth-order valence-electron chi connectivity index (χ4n) is 2.97. The number of nitrogens with two attached hydrogens (primary N) is 1. The van der Waals surface area contributed by atoms with Gasteiger partial charge in [-0.25, -0.2) is 9.38 Å². The van der Waals surface area contributed by atoms with Crippen LogP contribution in [0, 0.1) is 5.82 Å². The predicted molar refractivity (Wildman–Crippen MR) is 96.5 cm³/mol. The van der Waals surface area contributed by atoms with Gasteiger partial charge in [0.05, 0.1) is 11.1 Å². The molecular weight excluding hydrogens is 383 g/mol. The van der Waals surface area contributed by atoms with E-state index in [1.54, 1.807) is 24.9 Å². The van der Waals surface area contributed by atoms with Gasteiger partial charge in [-0.05, 0) is 32.0 Å². The summed E-state index contributed by atoms with van der Waals surface area (Å²) in [7, 11) is 1.73. The first kappa shape index (κ1) is 19.3. The average molecular weight is 402 g/mol. The summed E-state index contributed by atoms with van der Waals surface area (Å²) in [6, 6.07) is 3.09. The number of aromatic nitrogens is 2. The molecule has 0 aliphatic carbocycles. The minimum Gasteiger partial charge on any atom is -0.459 e. The number of hydrogen-bond acceptors (Lipinski definition) is 5. The molecule has 0 spiro atoms. The summed E-state index contributed by atoms with van der Waals surface area (Å²) in [5.74, 6) is -4.25. The van der Waals surface area contributed by atoms with E-state index >= 15 is 0 Å². The second kappa shape index (κ2) is 6.63. The number of aliphatic imine (C=N–C) groups is 1. The maximum atomic E-state index is 14.5. The zero-order valence-electron chi connectivity index (χ0n) is 14.9. The van der Waals surface area contributed by atoms with Gasteiger partial charge >= 0.3 is 5.92 Å². The van der Waals surface area contributed by atoms with Crippen molar-refractivity contribution in [1.29, 1.82) is 0 Å². The van der Waals surface area contributed by atoms with Crippen LogP contribution >= 0.6 is 11.6 Å². The molecule has 1 aromatic carbocycles. The Labute approximate surface area is 159 Å². The summed E-state index contributed by atoms with van der Waals surface area (Å²) in [6.07, 6.45) is 1.65. The van der Waals surface area contributed by atoms with Crippen LogP contribution in [0.15, 0.2) is 29.4 Å². The first-order valence-corrected chi connectivity index (χ1v) is 8.53. The Morgan fingerprint density at radius 1 is 1.41 bits per heavy atom. The molecule has 10 heteroatoms. The van der Waals surface area contributed by atoms with Crippen LogP contribution in [0.5, 0.6) is 0 Å². The first-order chi connectivity index (χ1) is 12.5. The molecule has 6 nitrogen and oxygen atoms in total. The van der Waals surface area contributed by atoms with E-state index in [9.17, 15) is 13.2 Å². The molecule has 3 rings (SSSR count). The molecule has 0 bridgehead atoms. The molecule has 3 N–H and O–H groups in total. The Kier molecular flexibility index (Phi) is 4.75. The number of anilines is 1. The van der Waals surface area contributed by atoms with Crippen molar-refractivity contribution in [2.24, 2.45) is 17.8 Å². The largest absolute Gasteiger partial charge is 0.459 e. The minimum absolute atomic E-state index is 0.289. The molecule has 2 aromatic rings. The van der Waals surface area contributed by atoms with Gasteiger partial charge in [0, 0.05) is 24.5 Å². The first-order valence-electron chi connectivity index (χ1n) is 8.15. The molecule has 0 radical (unpaired) electrons. The van der Waals surface area contributed by atoms with Crippen LogP contribution in [0.4, 0.5) is 18.9 Å². The second-order valence-electron chi connectivity index (χ2n) is 6.61. The highest BCUT2D eigenvalue weighted by atomic mass is 35.5. The van der Waals surface area contributed by atoms with E-state index in [0.717, 1.165) is 13.0 Å². The van der Waals surface area contributed by atoms with Crippen LogP contribution < -0.4 is 11.1 Å². The number of hydrogen-bond donors (Lipinski definition) is 2. The summed E-state index contributed by atoms with van der Waals surface area (Å²) < 4.78 is 49.6. The Balaban J connectivity index is 1.97. The molecule has 146 valence electrons. The van der Waals surface area contributed by atoms with E-state index in [0.29, 0.717) is 16.4 Å². The Morgan fingerprint density at radius 2 is 2.11 bits per heavy atom. The third-order valence-corrected chi connectivity index (χ3v) is 4.83. The van der Waals surface area contributed by atoms with Crippen LogP contribution in [0.2, 0.25) is 5.02 Å². The molecule has 2 heterocycles. The minimum atomic E-state index is -3.44. The number of aryl methyl sites for hydroxylation is 1. The van der Waals surface area contributed by atoms with Gasteiger partial charge in [-0.3, -0.25) is 4.68 Å². The summed E-state index contributed by atoms with van der Waals surface area (Å²) in [5, 5.41) is 7.81. The third-order valence-electron chi connectivity index (χ3n) is 4.54. The molecule has 0 saturated carbocycles. The van der Waals surface area contributed by atoms with Crippen molar-refractivity contribution in [3.8, 4) is 0 Å². The number of halogens is 4. The van der Waals surface area contributed by atoms with Crippen molar-refractivity contribution >= 4 is 23.3 Å². The molecule has 1 aliphatic rings. The fraction of sp³-hybridized carbons (Fsp3) is 0.412. The van der Waals surface area contributed by atoms with Crippen LogP contribution in [0.3, 0.4) is 0 Å². The lowest BCUT2D eigenvalue weighted by Gasteiger charge is -2.37. The quantitative estimate of drug-likeness (QED) is 0.820. The van der Waals surface area contributed by atoms with Crippen molar-refractivity contribution in [3.63, 3.8) is 0 Å². The molecule has 27 heavy (non-hydrogen) atoms. The van der Waals surface area contributed by atoms with Crippen molar-refractivity contribution < 1.29 is 17.9 Å². The monoisotopic (exact) mass is 401 g/mol. The molecule has 0 fully saturated rings. The predicted octanol–water partition coefficient (Wildman–Crippen LogP) is 3.58. The molecule has 0 saturated heterocycles. The van der Waals surface area contributed by atoms with Crippen molar-refractivity contribution in [2.45, 2.75) is 31.4 Å². The molecule has 0 unspecified atom stereocenters. The topological polar surface area (TPSA) is 77.5 Å². The molecule has 2 atom stereocenters. The highest BCUT2D eigenvalue weighted by Gasteiger charge is 2.56. The number of ether oxygens (including phenoxy) is 1. The van der Waals surface area contributed by atoms with Crippen LogP contribution in [-0.4, -0.2) is 28.3 Å². The highest BCUT2D eigenvalue weighted by molar-refractivity contribution is 6.31. The highest BCUT2D eigenvalue weighted by Crippen LogP contribution is 2.45. The van der Waals surface area contributed by atoms with Crippen molar-refractivity contribution in [1.82, 2.24) is 9.78 Å². The lowest BCUT2D eigenvalue weighted by Crippen LogP contribution is -2.51. The van der Waals surface area contributed by atoms with Crippen molar-refractivity contribution in [3.05, 3.63) is 46.5 Å². The lowest BCUT2D eigenvalue weighted by molar-refractivity contribution is -0.117. The van der Waals surface area contributed by atoms with E-state index in [1.165, 1.54) is 12.1 Å². The van der Waals surface area contributed by atoms with Gasteiger partial charge in [0.15, 0.2) is 12.1 Å². The fourth-order valence-corrected chi connectivity index (χ4v) is 3.32. The SMILES string of the molecule is C[C@H](Nc1ccc(F)c([C@@]2(C)N=C(N)OCC2(F)F)c1)c1nn(C)cc1Cl. The van der Waals surface area contributed by atoms with Crippen LogP contribution in [-0.2, 0) is 17.3 Å². The number of rotatable bonds is 4. The molecule has 1 aromatic heterocycles. The van der Waals surface area contributed by atoms with Crippen molar-refractivity contribution in [2.75, 3.05) is 11.9 Å². The van der Waals surface area contributed by atoms with Gasteiger partial charge in [-0.2, -0.15) is 13.9 Å². The maximum absolute atomic E-state index is 14.5. The van der Waals surface area contributed by atoms with Crippen LogP contribution in [0.1, 0.15) is 31.1 Å². The Bertz CT molecular complexity index is 901. The third kappa shape index (κ3) is 3.43. The van der Waals surface area contributed by atoms with Gasteiger partial charge < -0.3 is 15.8 Å². The van der Waals surface area contributed by atoms with Crippen LogP contribution in [0.25, 0.3) is 0 Å². The summed E-state index contributed by atoms with van der Waals surface area (Å²) >= 11 is 6.13. The van der Waals surface area contributed by atoms with Gasteiger partial charge in [-0.1, -0.05) is 11.6 Å². The van der Waals surface area contributed by atoms with Gasteiger partial charge in [-0.15, -0.1) is 0 Å². The molecular formula is C17H19ClF3N5O. The van der Waals surface area contributed by atoms with Gasteiger partial charge in [0.1, 0.15) is 11.5 Å².